The third-order valence-electron chi connectivity index (χ3n) is 3.77. The van der Waals surface area contributed by atoms with Crippen molar-refractivity contribution in [2.75, 3.05) is 37.7 Å². The number of nitrogens with zero attached hydrogens (tertiary/aromatic N) is 4. The van der Waals surface area contributed by atoms with Crippen LogP contribution in [0.3, 0.4) is 0 Å². The number of carbonyl (C=O) groups excluding carboxylic acids is 1. The van der Waals surface area contributed by atoms with Gasteiger partial charge in [-0.15, -0.1) is 0 Å². The molecule has 13 heteroatoms. The maximum Gasteiger partial charge on any atom is 0.340 e. The van der Waals surface area contributed by atoms with Crippen LogP contribution in [-0.4, -0.2) is 38.1 Å². The van der Waals surface area contributed by atoms with Crippen LogP contribution in [0.1, 0.15) is 19.3 Å². The summed E-state index contributed by atoms with van der Waals surface area (Å²) < 4.78 is 42.9. The summed E-state index contributed by atoms with van der Waals surface area (Å²) in [5.74, 6) is -0.647. The lowest BCUT2D eigenvalue weighted by atomic mass is 10.3. The van der Waals surface area contributed by atoms with E-state index in [1.165, 1.54) is 31.3 Å². The zero-order valence-corrected chi connectivity index (χ0v) is 19.3. The first-order chi connectivity index (χ1) is 14.7. The number of carbonyl (C=O) groups is 1. The number of rotatable bonds is 13. The molecule has 0 aliphatic carbocycles. The van der Waals surface area contributed by atoms with E-state index >= 15 is 0 Å². The van der Waals surface area contributed by atoms with E-state index in [9.17, 15) is 13.9 Å². The Balaban J connectivity index is 3.24. The third-order valence-corrected chi connectivity index (χ3v) is 9.74. The summed E-state index contributed by atoms with van der Waals surface area (Å²) in [6.45, 7) is -0.633. The van der Waals surface area contributed by atoms with Gasteiger partial charge in [-0.25, -0.2) is 0 Å². The fourth-order valence-corrected chi connectivity index (χ4v) is 7.76. The van der Waals surface area contributed by atoms with Gasteiger partial charge in [-0.2, -0.15) is 15.8 Å². The van der Waals surface area contributed by atoms with Crippen LogP contribution in [0, 0.1) is 34.0 Å². The van der Waals surface area contributed by atoms with Crippen molar-refractivity contribution in [2.24, 2.45) is 0 Å². The van der Waals surface area contributed by atoms with Crippen LogP contribution >= 0.6 is 26.6 Å². The highest BCUT2D eigenvalue weighted by atomic mass is 35.5. The summed E-state index contributed by atoms with van der Waals surface area (Å²) in [5, 5.41) is 25.6. The van der Waals surface area contributed by atoms with Crippen LogP contribution in [0.5, 0.6) is 0 Å². The highest BCUT2D eigenvalue weighted by Gasteiger charge is 2.39. The van der Waals surface area contributed by atoms with Gasteiger partial charge in [0.25, 0.3) is 0 Å². The Labute approximate surface area is 185 Å². The first-order valence-electron chi connectivity index (χ1n) is 8.98. The predicted octanol–water partition coefficient (Wildman–Crippen LogP) is 4.33. The van der Waals surface area contributed by atoms with Gasteiger partial charge in [0, 0.05) is 18.0 Å². The Kier molecular flexibility index (Phi) is 11.5. The van der Waals surface area contributed by atoms with Crippen molar-refractivity contribution in [3.8, 4) is 18.2 Å². The first kappa shape index (κ1) is 26.8. The molecule has 0 saturated carbocycles. The minimum atomic E-state index is -4.02. The molecule has 0 aliphatic rings. The summed E-state index contributed by atoms with van der Waals surface area (Å²) in [6.07, 6.45) is -0.197. The molecule has 0 fully saturated rings. The average Bonchev–Trinajstić information content (AvgIpc) is 2.74. The molecule has 1 amide bonds. The SMILES string of the molecule is CN(C(=O)Cl)c1ccc(P(=O)(CP(=O)(OCCC#N)OCCC#N)OCCC#N)cc1. The smallest absolute Gasteiger partial charge is 0.324 e. The molecule has 1 rings (SSSR count). The van der Waals surface area contributed by atoms with Crippen molar-refractivity contribution < 1.29 is 27.5 Å². The Morgan fingerprint density at radius 2 is 1.39 bits per heavy atom. The lowest BCUT2D eigenvalue weighted by Crippen LogP contribution is -2.20. The van der Waals surface area contributed by atoms with Crippen molar-refractivity contribution in [3.63, 3.8) is 0 Å². The van der Waals surface area contributed by atoms with E-state index in [2.05, 4.69) is 0 Å². The zero-order valence-electron chi connectivity index (χ0n) is 16.8. The number of halogens is 1. The molecule has 1 aromatic carbocycles. The summed E-state index contributed by atoms with van der Waals surface area (Å²) in [4.78, 5) is 12.5. The van der Waals surface area contributed by atoms with Crippen LogP contribution in [-0.2, 0) is 22.7 Å². The Morgan fingerprint density at radius 1 is 0.935 bits per heavy atom. The van der Waals surface area contributed by atoms with E-state index in [4.69, 9.17) is 41.0 Å². The molecular formula is C18H21ClN4O6P2. The number of amides is 1. The molecule has 0 spiro atoms. The molecule has 1 atom stereocenters. The normalized spacial score (nSPS) is 12.7. The third kappa shape index (κ3) is 8.82. The molecular weight excluding hydrogens is 466 g/mol. The summed E-state index contributed by atoms with van der Waals surface area (Å²) in [5.41, 5.74) is 0.422. The number of nitriles is 3. The number of anilines is 1. The molecule has 1 aromatic rings. The van der Waals surface area contributed by atoms with Crippen molar-refractivity contribution in [2.45, 2.75) is 19.3 Å². The summed E-state index contributed by atoms with van der Waals surface area (Å²) in [7, 11) is -6.43. The van der Waals surface area contributed by atoms with Crippen molar-refractivity contribution in [3.05, 3.63) is 24.3 Å². The van der Waals surface area contributed by atoms with Crippen molar-refractivity contribution in [1.29, 1.82) is 15.8 Å². The number of hydrogen-bond donors (Lipinski definition) is 0. The second kappa shape index (κ2) is 13.3. The van der Waals surface area contributed by atoms with Gasteiger partial charge in [-0.3, -0.25) is 13.9 Å². The van der Waals surface area contributed by atoms with Gasteiger partial charge in [0.1, 0.15) is 5.90 Å². The van der Waals surface area contributed by atoms with E-state index in [0.717, 1.165) is 4.90 Å². The molecule has 0 saturated heterocycles. The molecule has 31 heavy (non-hydrogen) atoms. The highest BCUT2D eigenvalue weighted by molar-refractivity contribution is 7.78. The largest absolute Gasteiger partial charge is 0.340 e. The van der Waals surface area contributed by atoms with E-state index < -0.39 is 26.2 Å². The second-order valence-electron chi connectivity index (χ2n) is 5.98. The van der Waals surface area contributed by atoms with E-state index in [0.29, 0.717) is 5.69 Å². The van der Waals surface area contributed by atoms with E-state index in [-0.39, 0.29) is 44.4 Å². The Bertz CT molecular complexity index is 943. The predicted molar refractivity (Wildman–Crippen MR) is 114 cm³/mol. The maximum absolute atomic E-state index is 13.7. The Hall–Kier alpha value is -2.21. The monoisotopic (exact) mass is 486 g/mol. The lowest BCUT2D eigenvalue weighted by molar-refractivity contribution is 0.212. The molecule has 0 heterocycles. The van der Waals surface area contributed by atoms with Crippen LogP contribution in [0.2, 0.25) is 0 Å². The van der Waals surface area contributed by atoms with Gasteiger partial charge in [-0.1, -0.05) is 0 Å². The lowest BCUT2D eigenvalue weighted by Gasteiger charge is -2.24. The van der Waals surface area contributed by atoms with E-state index in [1.807, 2.05) is 18.2 Å². The standard InChI is InChI=1S/C18H21ClN4O6P2/c1-23(18(19)24)16-5-7-17(8-6-16)30(25,27-12-2-9-20)15-31(26,28-13-3-10-21)29-14-4-11-22/h5-8H,2-4,12-15H2,1H3. The van der Waals surface area contributed by atoms with Crippen LogP contribution in [0.15, 0.2) is 24.3 Å². The summed E-state index contributed by atoms with van der Waals surface area (Å²) in [6, 6.07) is 11.3. The molecule has 10 nitrogen and oxygen atoms in total. The van der Waals surface area contributed by atoms with Crippen molar-refractivity contribution in [1.82, 2.24) is 0 Å². The molecule has 0 N–H and O–H groups in total. The molecule has 0 aromatic heterocycles. The van der Waals surface area contributed by atoms with Gasteiger partial charge >= 0.3 is 13.0 Å². The molecule has 0 aliphatic heterocycles. The minimum Gasteiger partial charge on any atom is -0.324 e. The molecule has 166 valence electrons. The fourth-order valence-electron chi connectivity index (χ4n) is 2.25. The van der Waals surface area contributed by atoms with E-state index in [1.54, 1.807) is 0 Å². The fraction of sp³-hybridized carbons (Fsp3) is 0.444. The quantitative estimate of drug-likeness (QED) is 0.171. The average molecular weight is 487 g/mol. The number of benzene rings is 1. The van der Waals surface area contributed by atoms with Gasteiger partial charge in [0.15, 0.2) is 0 Å². The van der Waals surface area contributed by atoms with Crippen LogP contribution in [0.25, 0.3) is 0 Å². The van der Waals surface area contributed by atoms with Gasteiger partial charge in [-0.05, 0) is 35.9 Å². The van der Waals surface area contributed by atoms with Crippen molar-refractivity contribution >= 4 is 42.9 Å². The Morgan fingerprint density at radius 3 is 1.81 bits per heavy atom. The van der Waals surface area contributed by atoms with Gasteiger partial charge in [0.05, 0.1) is 57.3 Å². The topological polar surface area (TPSA) is 154 Å². The van der Waals surface area contributed by atoms with Crippen LogP contribution < -0.4 is 10.2 Å². The maximum atomic E-state index is 13.7. The summed E-state index contributed by atoms with van der Waals surface area (Å²) >= 11 is 5.45. The number of hydrogen-bond acceptors (Lipinski definition) is 9. The van der Waals surface area contributed by atoms with Gasteiger partial charge in [0.2, 0.25) is 7.37 Å². The molecule has 0 radical (unpaired) electrons. The first-order valence-corrected chi connectivity index (χ1v) is 12.9. The molecule has 0 bridgehead atoms. The minimum absolute atomic E-state index is 0.0551. The second-order valence-corrected chi connectivity index (χ2v) is 11.3. The van der Waals surface area contributed by atoms with Gasteiger partial charge < -0.3 is 18.5 Å². The van der Waals surface area contributed by atoms with Crippen LogP contribution in [0.4, 0.5) is 10.5 Å². The zero-order chi connectivity index (χ0) is 23.3. The highest BCUT2D eigenvalue weighted by Crippen LogP contribution is 2.63. The molecule has 1 unspecified atom stereocenters.